The molecule has 0 radical (unpaired) electrons. The summed E-state index contributed by atoms with van der Waals surface area (Å²) in [7, 11) is 0. The molecule has 118 valence electrons. The smallest absolute Gasteiger partial charge is 0.0953 e. The Labute approximate surface area is 141 Å². The number of aryl methyl sites for hydroxylation is 2. The van der Waals surface area contributed by atoms with Gasteiger partial charge in [-0.25, -0.2) is 9.97 Å². The molecule has 2 saturated carbocycles. The van der Waals surface area contributed by atoms with Crippen LogP contribution in [0.4, 0.5) is 0 Å². The number of hydrogen-bond acceptors (Lipinski definition) is 4. The first-order valence-electron chi connectivity index (χ1n) is 8.50. The molecule has 4 rings (SSSR count). The van der Waals surface area contributed by atoms with Crippen LogP contribution in [0.2, 0.25) is 0 Å². The Hall–Kier alpha value is -0.740. The highest BCUT2D eigenvalue weighted by atomic mass is 32.1. The molecule has 2 fully saturated rings. The normalized spacial score (nSPS) is 30.0. The van der Waals surface area contributed by atoms with Crippen molar-refractivity contribution in [3.8, 4) is 0 Å². The molecule has 22 heavy (non-hydrogen) atoms. The maximum Gasteiger partial charge on any atom is 0.0953 e. The molecule has 4 atom stereocenters. The fraction of sp³-hybridized carbons (Fsp3) is 0.667. The van der Waals surface area contributed by atoms with Gasteiger partial charge in [0.1, 0.15) is 0 Å². The molecule has 0 aromatic carbocycles. The molecule has 0 amide bonds. The van der Waals surface area contributed by atoms with Crippen molar-refractivity contribution < 1.29 is 0 Å². The van der Waals surface area contributed by atoms with E-state index in [1.54, 1.807) is 0 Å². The summed E-state index contributed by atoms with van der Waals surface area (Å²) in [5.74, 6) is 3.90. The zero-order chi connectivity index (χ0) is 15.4. The summed E-state index contributed by atoms with van der Waals surface area (Å²) in [6.45, 7) is 8.93. The predicted molar refractivity (Wildman–Crippen MR) is 94.1 cm³/mol. The lowest BCUT2D eigenvalue weighted by atomic mass is 10.1. The van der Waals surface area contributed by atoms with Gasteiger partial charge in [-0.05, 0) is 43.9 Å². The highest BCUT2D eigenvalue weighted by Gasteiger charge is 2.55. The molecule has 0 spiro atoms. The first kappa shape index (κ1) is 14.8. The Morgan fingerprint density at radius 3 is 2.55 bits per heavy atom. The first-order chi connectivity index (χ1) is 10.6. The van der Waals surface area contributed by atoms with Crippen molar-refractivity contribution in [3.63, 3.8) is 0 Å². The molecule has 2 aliphatic rings. The summed E-state index contributed by atoms with van der Waals surface area (Å²) in [6.07, 6.45) is 5.97. The summed E-state index contributed by atoms with van der Waals surface area (Å²) in [4.78, 5) is 12.5. The Morgan fingerprint density at radius 2 is 1.91 bits per heavy atom. The zero-order valence-electron chi connectivity index (χ0n) is 13.8. The summed E-state index contributed by atoms with van der Waals surface area (Å²) >= 11 is 3.85. The molecule has 4 heteroatoms. The largest absolute Gasteiger partial charge is 0.249 e. The molecule has 0 saturated heterocycles. The van der Waals surface area contributed by atoms with Gasteiger partial charge in [-0.2, -0.15) is 0 Å². The van der Waals surface area contributed by atoms with E-state index in [0.29, 0.717) is 5.92 Å². The maximum atomic E-state index is 4.88. The Bertz CT molecular complexity index is 685. The summed E-state index contributed by atoms with van der Waals surface area (Å²) in [6, 6.07) is 0. The summed E-state index contributed by atoms with van der Waals surface area (Å²) in [5.41, 5.74) is 1.42. The number of hydrogen-bond donors (Lipinski definition) is 0. The molecule has 2 aromatic rings. The van der Waals surface area contributed by atoms with E-state index in [-0.39, 0.29) is 0 Å². The summed E-state index contributed by atoms with van der Waals surface area (Å²) in [5, 5.41) is 2.62. The molecular weight excluding hydrogens is 308 g/mol. The standard InChI is InChI=1S/C18H24N2S2/c1-5-16-20-17(10(4)21-16)14-7-12(14)11-6-13(11)15-8-19-18(22-15)9(2)3/h8-9,11-14H,5-7H2,1-4H3. The van der Waals surface area contributed by atoms with Crippen molar-refractivity contribution in [2.45, 2.75) is 64.7 Å². The van der Waals surface area contributed by atoms with Gasteiger partial charge in [0.25, 0.3) is 0 Å². The number of nitrogens with zero attached hydrogens (tertiary/aromatic N) is 2. The first-order valence-corrected chi connectivity index (χ1v) is 10.1. The molecule has 2 aromatic heterocycles. The molecule has 0 bridgehead atoms. The van der Waals surface area contributed by atoms with Gasteiger partial charge in [0, 0.05) is 27.8 Å². The molecule has 2 heterocycles. The van der Waals surface area contributed by atoms with Crippen molar-refractivity contribution in [3.05, 3.63) is 31.7 Å². The highest BCUT2D eigenvalue weighted by molar-refractivity contribution is 7.12. The fourth-order valence-corrected chi connectivity index (χ4v) is 5.77. The predicted octanol–water partition coefficient (Wildman–Crippen LogP) is 5.50. The monoisotopic (exact) mass is 332 g/mol. The molecule has 2 aliphatic carbocycles. The third-order valence-electron chi connectivity index (χ3n) is 5.16. The van der Waals surface area contributed by atoms with E-state index in [9.17, 15) is 0 Å². The molecular formula is C18H24N2S2. The van der Waals surface area contributed by atoms with Gasteiger partial charge in [-0.15, -0.1) is 22.7 Å². The van der Waals surface area contributed by atoms with Crippen LogP contribution >= 0.6 is 22.7 Å². The van der Waals surface area contributed by atoms with Crippen molar-refractivity contribution >= 4 is 22.7 Å². The van der Waals surface area contributed by atoms with Gasteiger partial charge in [-0.1, -0.05) is 20.8 Å². The minimum atomic E-state index is 0.565. The maximum absolute atomic E-state index is 4.88. The Kier molecular flexibility index (Phi) is 3.65. The van der Waals surface area contributed by atoms with Gasteiger partial charge >= 0.3 is 0 Å². The van der Waals surface area contributed by atoms with E-state index in [4.69, 9.17) is 4.98 Å². The molecule has 0 N–H and O–H groups in total. The van der Waals surface area contributed by atoms with Crippen LogP contribution in [0.3, 0.4) is 0 Å². The van der Waals surface area contributed by atoms with Crippen LogP contribution in [-0.4, -0.2) is 9.97 Å². The SMILES string of the molecule is CCc1nc(C2CC2C2CC2c2cnc(C(C)C)s2)c(C)s1. The van der Waals surface area contributed by atoms with Gasteiger partial charge in [0.05, 0.1) is 15.7 Å². The van der Waals surface area contributed by atoms with Gasteiger partial charge in [0.2, 0.25) is 0 Å². The van der Waals surface area contributed by atoms with Gasteiger partial charge in [-0.3, -0.25) is 0 Å². The third kappa shape index (κ3) is 2.54. The number of thiazole rings is 2. The van der Waals surface area contributed by atoms with Crippen molar-refractivity contribution in [1.82, 2.24) is 9.97 Å². The third-order valence-corrected chi connectivity index (χ3v) is 7.72. The molecule has 0 aliphatic heterocycles. The fourth-order valence-electron chi connectivity index (χ4n) is 3.72. The van der Waals surface area contributed by atoms with Crippen molar-refractivity contribution in [1.29, 1.82) is 0 Å². The second-order valence-electron chi connectivity index (χ2n) is 7.17. The van der Waals surface area contributed by atoms with Gasteiger partial charge < -0.3 is 0 Å². The lowest BCUT2D eigenvalue weighted by Gasteiger charge is -1.98. The topological polar surface area (TPSA) is 25.8 Å². The zero-order valence-corrected chi connectivity index (χ0v) is 15.4. The molecule has 2 nitrogen and oxygen atoms in total. The van der Waals surface area contributed by atoms with E-state index in [0.717, 1.165) is 30.1 Å². The lowest BCUT2D eigenvalue weighted by Crippen LogP contribution is -1.90. The van der Waals surface area contributed by atoms with E-state index >= 15 is 0 Å². The van der Waals surface area contributed by atoms with Gasteiger partial charge in [0.15, 0.2) is 0 Å². The Balaban J connectivity index is 1.42. The minimum Gasteiger partial charge on any atom is -0.249 e. The van der Waals surface area contributed by atoms with E-state index in [1.165, 1.54) is 38.3 Å². The van der Waals surface area contributed by atoms with Crippen LogP contribution in [-0.2, 0) is 6.42 Å². The quantitative estimate of drug-likeness (QED) is 0.722. The van der Waals surface area contributed by atoms with Crippen LogP contribution in [0.1, 0.15) is 76.8 Å². The lowest BCUT2D eigenvalue weighted by molar-refractivity contribution is 0.664. The van der Waals surface area contributed by atoms with Crippen LogP contribution in [0.5, 0.6) is 0 Å². The number of rotatable bonds is 5. The molecule has 4 unspecified atom stereocenters. The van der Waals surface area contributed by atoms with Crippen LogP contribution < -0.4 is 0 Å². The van der Waals surface area contributed by atoms with Crippen molar-refractivity contribution in [2.24, 2.45) is 11.8 Å². The minimum absolute atomic E-state index is 0.565. The van der Waals surface area contributed by atoms with E-state index in [2.05, 4.69) is 38.9 Å². The van der Waals surface area contributed by atoms with Crippen molar-refractivity contribution in [2.75, 3.05) is 0 Å². The van der Waals surface area contributed by atoms with Crippen LogP contribution in [0.15, 0.2) is 6.20 Å². The van der Waals surface area contributed by atoms with Crippen LogP contribution in [0.25, 0.3) is 0 Å². The van der Waals surface area contributed by atoms with E-state index in [1.807, 2.05) is 22.7 Å². The second-order valence-corrected chi connectivity index (χ2v) is 9.55. The average molecular weight is 333 g/mol. The van der Waals surface area contributed by atoms with E-state index < -0.39 is 0 Å². The summed E-state index contributed by atoms with van der Waals surface area (Å²) < 4.78 is 0. The average Bonchev–Trinajstić information content (AvgIpc) is 3.36. The van der Waals surface area contributed by atoms with Crippen LogP contribution in [0, 0.1) is 18.8 Å². The number of aromatic nitrogens is 2. The Morgan fingerprint density at radius 1 is 1.18 bits per heavy atom. The highest BCUT2D eigenvalue weighted by Crippen LogP contribution is 2.66. The second kappa shape index (κ2) is 5.41.